The number of oxime groups is 1. The van der Waals surface area contributed by atoms with Crippen LogP contribution >= 0.6 is 0 Å². The van der Waals surface area contributed by atoms with Crippen LogP contribution in [0.1, 0.15) is 19.8 Å². The van der Waals surface area contributed by atoms with Crippen molar-refractivity contribution in [2.75, 3.05) is 0 Å². The molecule has 1 unspecified atom stereocenters. The summed E-state index contributed by atoms with van der Waals surface area (Å²) in [6.07, 6.45) is 1.18. The molecule has 1 atom stereocenters. The predicted octanol–water partition coefficient (Wildman–Crippen LogP) is 0.816. The molecule has 3 nitrogen and oxygen atoms in total. The van der Waals surface area contributed by atoms with Crippen LogP contribution in [0.5, 0.6) is 0 Å². The lowest BCUT2D eigenvalue weighted by Gasteiger charge is -1.89. The molecule has 3 heteroatoms. The summed E-state index contributed by atoms with van der Waals surface area (Å²) < 4.78 is 0. The Bertz CT molecular complexity index is 162. The van der Waals surface area contributed by atoms with E-state index in [2.05, 4.69) is 5.16 Å². The molecule has 50 valence electrons. The minimum absolute atomic E-state index is 0.00926. The van der Waals surface area contributed by atoms with Crippen LogP contribution in [0.4, 0.5) is 0 Å². The van der Waals surface area contributed by atoms with Gasteiger partial charge in [-0.2, -0.15) is 0 Å². The highest BCUT2D eigenvalue weighted by Crippen LogP contribution is 2.18. The summed E-state index contributed by atoms with van der Waals surface area (Å²) in [6.45, 7) is 1.97. The molecule has 0 aliphatic heterocycles. The Hall–Kier alpha value is -0.860. The molecule has 0 saturated heterocycles. The molecular formula is C6H9NO2. The first kappa shape index (κ1) is 6.26. The lowest BCUT2D eigenvalue weighted by Crippen LogP contribution is -2.02. The van der Waals surface area contributed by atoms with Crippen molar-refractivity contribution in [1.82, 2.24) is 0 Å². The maximum atomic E-state index is 10.7. The van der Waals surface area contributed by atoms with Crippen LogP contribution in [-0.2, 0) is 4.79 Å². The number of carbonyl (C=O) groups is 1. The van der Waals surface area contributed by atoms with Crippen LogP contribution in [-0.4, -0.2) is 16.7 Å². The fourth-order valence-corrected chi connectivity index (χ4v) is 1.05. The Morgan fingerprint density at radius 3 is 2.56 bits per heavy atom. The van der Waals surface area contributed by atoms with Gasteiger partial charge in [-0.1, -0.05) is 12.1 Å². The van der Waals surface area contributed by atoms with Gasteiger partial charge in [0, 0.05) is 6.42 Å². The predicted molar refractivity (Wildman–Crippen MR) is 32.6 cm³/mol. The lowest BCUT2D eigenvalue weighted by molar-refractivity contribution is -0.112. The van der Waals surface area contributed by atoms with Gasteiger partial charge in [0.05, 0.1) is 0 Å². The second-order valence-electron chi connectivity index (χ2n) is 2.48. The molecule has 0 aromatic rings. The van der Waals surface area contributed by atoms with E-state index in [4.69, 9.17) is 5.21 Å². The van der Waals surface area contributed by atoms with Gasteiger partial charge in [-0.25, -0.2) is 0 Å². The average Bonchev–Trinajstić information content (AvgIpc) is 2.10. The van der Waals surface area contributed by atoms with E-state index in [1.807, 2.05) is 6.92 Å². The van der Waals surface area contributed by atoms with Crippen molar-refractivity contribution in [3.8, 4) is 0 Å². The van der Waals surface area contributed by atoms with E-state index in [1.165, 1.54) is 0 Å². The number of nitrogens with zero attached hydrogens (tertiary/aromatic N) is 1. The van der Waals surface area contributed by atoms with Crippen molar-refractivity contribution in [3.05, 3.63) is 0 Å². The van der Waals surface area contributed by atoms with Crippen LogP contribution in [0.15, 0.2) is 5.16 Å². The highest BCUT2D eigenvalue weighted by molar-refractivity contribution is 6.41. The second kappa shape index (κ2) is 2.17. The molecule has 0 spiro atoms. The highest BCUT2D eigenvalue weighted by Gasteiger charge is 2.25. The summed E-state index contributed by atoms with van der Waals surface area (Å²) in [5.41, 5.74) is 0.336. The zero-order valence-corrected chi connectivity index (χ0v) is 5.29. The zero-order chi connectivity index (χ0) is 6.85. The van der Waals surface area contributed by atoms with Gasteiger partial charge in [0.15, 0.2) is 5.78 Å². The van der Waals surface area contributed by atoms with E-state index >= 15 is 0 Å². The summed E-state index contributed by atoms with van der Waals surface area (Å²) in [5, 5.41) is 11.1. The molecule has 0 heterocycles. The molecule has 0 radical (unpaired) electrons. The van der Waals surface area contributed by atoms with E-state index in [9.17, 15) is 4.79 Å². The van der Waals surface area contributed by atoms with Crippen molar-refractivity contribution in [1.29, 1.82) is 0 Å². The fourth-order valence-electron chi connectivity index (χ4n) is 1.05. The Morgan fingerprint density at radius 1 is 1.67 bits per heavy atom. The lowest BCUT2D eigenvalue weighted by atomic mass is 10.1. The van der Waals surface area contributed by atoms with E-state index in [-0.39, 0.29) is 5.78 Å². The molecule has 1 aliphatic carbocycles. The normalized spacial score (nSPS) is 31.9. The molecule has 1 rings (SSSR count). The first-order chi connectivity index (χ1) is 4.24. The number of carbonyl (C=O) groups excluding carboxylic acids is 1. The van der Waals surface area contributed by atoms with E-state index in [0.717, 1.165) is 0 Å². The number of rotatable bonds is 0. The molecular weight excluding hydrogens is 118 g/mol. The SMILES string of the molecule is CC1CC(=O)/C(=N/O)C1. The third-order valence-electron chi connectivity index (χ3n) is 1.52. The third kappa shape index (κ3) is 1.09. The highest BCUT2D eigenvalue weighted by atomic mass is 16.4. The number of hydrogen-bond donors (Lipinski definition) is 1. The van der Waals surface area contributed by atoms with Gasteiger partial charge < -0.3 is 5.21 Å². The average molecular weight is 127 g/mol. The van der Waals surface area contributed by atoms with E-state index < -0.39 is 0 Å². The number of Topliss-reactive ketones (excluding diaryl/α,β-unsaturated/α-hetero) is 1. The smallest absolute Gasteiger partial charge is 0.180 e. The first-order valence-electron chi connectivity index (χ1n) is 2.98. The number of ketones is 1. The summed E-state index contributed by atoms with van der Waals surface area (Å²) >= 11 is 0. The van der Waals surface area contributed by atoms with Crippen LogP contribution in [0, 0.1) is 5.92 Å². The van der Waals surface area contributed by atoms with Crippen molar-refractivity contribution >= 4 is 11.5 Å². The third-order valence-corrected chi connectivity index (χ3v) is 1.52. The Labute approximate surface area is 53.4 Å². The fraction of sp³-hybridized carbons (Fsp3) is 0.667. The Kier molecular flexibility index (Phi) is 1.51. The van der Waals surface area contributed by atoms with Crippen LogP contribution in [0.25, 0.3) is 0 Å². The van der Waals surface area contributed by atoms with Crippen molar-refractivity contribution in [2.45, 2.75) is 19.8 Å². The Balaban J connectivity index is 2.70. The quantitative estimate of drug-likeness (QED) is 0.386. The van der Waals surface area contributed by atoms with E-state index in [1.54, 1.807) is 0 Å². The zero-order valence-electron chi connectivity index (χ0n) is 5.29. The molecule has 0 aromatic heterocycles. The maximum absolute atomic E-state index is 10.7. The maximum Gasteiger partial charge on any atom is 0.180 e. The number of hydrogen-bond acceptors (Lipinski definition) is 3. The molecule has 1 aliphatic rings. The molecule has 0 amide bonds. The molecule has 9 heavy (non-hydrogen) atoms. The molecule has 0 bridgehead atoms. The van der Waals surface area contributed by atoms with Crippen molar-refractivity contribution in [2.24, 2.45) is 11.1 Å². The van der Waals surface area contributed by atoms with Gasteiger partial charge in [0.1, 0.15) is 5.71 Å². The minimum atomic E-state index is -0.00926. The summed E-state index contributed by atoms with van der Waals surface area (Å²) in [5.74, 6) is 0.355. The molecule has 1 saturated carbocycles. The van der Waals surface area contributed by atoms with Crippen LogP contribution in [0.2, 0.25) is 0 Å². The molecule has 1 N–H and O–H groups in total. The molecule has 1 fully saturated rings. The van der Waals surface area contributed by atoms with Crippen LogP contribution < -0.4 is 0 Å². The van der Waals surface area contributed by atoms with Crippen LogP contribution in [0.3, 0.4) is 0 Å². The van der Waals surface area contributed by atoms with Crippen molar-refractivity contribution in [3.63, 3.8) is 0 Å². The topological polar surface area (TPSA) is 49.7 Å². The van der Waals surface area contributed by atoms with Gasteiger partial charge in [0.2, 0.25) is 0 Å². The van der Waals surface area contributed by atoms with Gasteiger partial charge in [-0.3, -0.25) is 4.79 Å². The standard InChI is InChI=1S/C6H9NO2/c1-4-2-5(7-9)6(8)3-4/h4,9H,2-3H2,1H3/b7-5+. The first-order valence-corrected chi connectivity index (χ1v) is 2.98. The monoisotopic (exact) mass is 127 g/mol. The second-order valence-corrected chi connectivity index (χ2v) is 2.48. The minimum Gasteiger partial charge on any atom is -0.411 e. The largest absolute Gasteiger partial charge is 0.411 e. The van der Waals surface area contributed by atoms with Gasteiger partial charge in [0.25, 0.3) is 0 Å². The molecule has 0 aromatic carbocycles. The van der Waals surface area contributed by atoms with Gasteiger partial charge in [-0.15, -0.1) is 0 Å². The van der Waals surface area contributed by atoms with Gasteiger partial charge >= 0.3 is 0 Å². The van der Waals surface area contributed by atoms with Crippen molar-refractivity contribution < 1.29 is 10.0 Å². The Morgan fingerprint density at radius 2 is 2.33 bits per heavy atom. The van der Waals surface area contributed by atoms with E-state index in [0.29, 0.717) is 24.5 Å². The summed E-state index contributed by atoms with van der Waals surface area (Å²) in [6, 6.07) is 0. The summed E-state index contributed by atoms with van der Waals surface area (Å²) in [4.78, 5) is 10.7. The summed E-state index contributed by atoms with van der Waals surface area (Å²) in [7, 11) is 0. The van der Waals surface area contributed by atoms with Gasteiger partial charge in [-0.05, 0) is 12.3 Å².